The van der Waals surface area contributed by atoms with Crippen molar-refractivity contribution in [2.24, 2.45) is 0 Å². The van der Waals surface area contributed by atoms with E-state index in [1.54, 1.807) is 30.3 Å². The van der Waals surface area contributed by atoms with Gasteiger partial charge in [-0.25, -0.2) is 14.4 Å². The van der Waals surface area contributed by atoms with Gasteiger partial charge in [0.1, 0.15) is 18.1 Å². The van der Waals surface area contributed by atoms with E-state index >= 15 is 0 Å². The van der Waals surface area contributed by atoms with Gasteiger partial charge >= 0.3 is 17.9 Å². The van der Waals surface area contributed by atoms with E-state index in [2.05, 4.69) is 0 Å². The number of hydrogen-bond donors (Lipinski definition) is 2. The van der Waals surface area contributed by atoms with Crippen molar-refractivity contribution in [3.8, 4) is 33.8 Å². The lowest BCUT2D eigenvalue weighted by atomic mass is 9.97. The second-order valence-electron chi connectivity index (χ2n) is 8.28. The summed E-state index contributed by atoms with van der Waals surface area (Å²) >= 11 is 0. The van der Waals surface area contributed by atoms with Crippen LogP contribution in [0.4, 0.5) is 0 Å². The Hall–Kier alpha value is -5.11. The molecule has 192 valence electrons. The average Bonchev–Trinajstić information content (AvgIpc) is 2.94. The summed E-state index contributed by atoms with van der Waals surface area (Å²) in [5.74, 6) is -2.28. The Balaban J connectivity index is 1.58. The van der Waals surface area contributed by atoms with Gasteiger partial charge in [0.25, 0.3) is 0 Å². The highest BCUT2D eigenvalue weighted by Gasteiger charge is 2.12. The van der Waals surface area contributed by atoms with E-state index in [0.717, 1.165) is 22.3 Å². The SMILES string of the molecule is O=C(O)COc1cc(OCC(=O)O)cc(-c2cccc(-c3cccc(C(=O)OCc4ccccc4)c3)c2)c1. The molecule has 0 spiro atoms. The van der Waals surface area contributed by atoms with Crippen molar-refractivity contribution in [3.63, 3.8) is 0 Å². The Morgan fingerprint density at radius 2 is 1.13 bits per heavy atom. The van der Waals surface area contributed by atoms with E-state index in [1.165, 1.54) is 6.07 Å². The van der Waals surface area contributed by atoms with Gasteiger partial charge in [0.15, 0.2) is 13.2 Å². The number of rotatable bonds is 11. The molecule has 2 N–H and O–H groups in total. The maximum atomic E-state index is 12.7. The lowest BCUT2D eigenvalue weighted by Crippen LogP contribution is -2.11. The maximum Gasteiger partial charge on any atom is 0.341 e. The number of carboxylic acids is 2. The van der Waals surface area contributed by atoms with Crippen LogP contribution in [0.1, 0.15) is 15.9 Å². The van der Waals surface area contributed by atoms with Crippen molar-refractivity contribution < 1.29 is 38.8 Å². The molecule has 0 unspecified atom stereocenters. The van der Waals surface area contributed by atoms with Crippen LogP contribution in [0.15, 0.2) is 97.1 Å². The second-order valence-corrected chi connectivity index (χ2v) is 8.28. The molecule has 0 fully saturated rings. The van der Waals surface area contributed by atoms with E-state index in [9.17, 15) is 14.4 Å². The molecule has 0 atom stereocenters. The molecule has 0 aliphatic carbocycles. The summed E-state index contributed by atoms with van der Waals surface area (Å²) in [7, 11) is 0. The van der Waals surface area contributed by atoms with Crippen LogP contribution < -0.4 is 9.47 Å². The van der Waals surface area contributed by atoms with E-state index in [1.807, 2.05) is 60.7 Å². The molecule has 0 bridgehead atoms. The van der Waals surface area contributed by atoms with Crippen LogP contribution in [0.3, 0.4) is 0 Å². The molecule has 8 heteroatoms. The predicted molar refractivity (Wildman–Crippen MR) is 139 cm³/mol. The molecule has 0 radical (unpaired) electrons. The molecule has 4 aromatic rings. The minimum absolute atomic E-state index is 0.173. The Morgan fingerprint density at radius 1 is 0.579 bits per heavy atom. The molecule has 8 nitrogen and oxygen atoms in total. The van der Waals surface area contributed by atoms with Crippen LogP contribution in [-0.2, 0) is 20.9 Å². The van der Waals surface area contributed by atoms with Crippen molar-refractivity contribution in [2.45, 2.75) is 6.61 Å². The van der Waals surface area contributed by atoms with Crippen molar-refractivity contribution in [3.05, 3.63) is 108 Å². The van der Waals surface area contributed by atoms with Gasteiger partial charge in [-0.3, -0.25) is 0 Å². The third-order valence-electron chi connectivity index (χ3n) is 5.44. The number of benzene rings is 4. The van der Waals surface area contributed by atoms with E-state index in [-0.39, 0.29) is 18.1 Å². The summed E-state index contributed by atoms with van der Waals surface area (Å²) in [6.07, 6.45) is 0. The first-order valence-corrected chi connectivity index (χ1v) is 11.6. The average molecular weight is 513 g/mol. The first-order valence-electron chi connectivity index (χ1n) is 11.6. The van der Waals surface area contributed by atoms with Gasteiger partial charge in [0.2, 0.25) is 0 Å². The summed E-state index contributed by atoms with van der Waals surface area (Å²) < 4.78 is 16.1. The Kier molecular flexibility index (Phi) is 8.35. The van der Waals surface area contributed by atoms with Crippen LogP contribution in [-0.4, -0.2) is 41.3 Å². The molecule has 4 rings (SSSR count). The number of esters is 1. The maximum absolute atomic E-state index is 12.7. The zero-order chi connectivity index (χ0) is 26.9. The molecule has 0 amide bonds. The van der Waals surface area contributed by atoms with E-state index in [0.29, 0.717) is 11.1 Å². The fraction of sp³-hybridized carbons (Fsp3) is 0.100. The first kappa shape index (κ1) is 26.0. The first-order chi connectivity index (χ1) is 18.4. The topological polar surface area (TPSA) is 119 Å². The van der Waals surface area contributed by atoms with Crippen molar-refractivity contribution >= 4 is 17.9 Å². The molecule has 0 aromatic heterocycles. The van der Waals surface area contributed by atoms with Crippen LogP contribution in [0.25, 0.3) is 22.3 Å². The summed E-state index contributed by atoms with van der Waals surface area (Å²) in [5.41, 5.74) is 4.31. The van der Waals surface area contributed by atoms with E-state index in [4.69, 9.17) is 24.4 Å². The zero-order valence-electron chi connectivity index (χ0n) is 20.2. The van der Waals surface area contributed by atoms with Crippen molar-refractivity contribution in [1.82, 2.24) is 0 Å². The van der Waals surface area contributed by atoms with Gasteiger partial charge in [-0.05, 0) is 58.1 Å². The fourth-order valence-electron chi connectivity index (χ4n) is 3.71. The molecule has 0 aliphatic rings. The highest BCUT2D eigenvalue weighted by atomic mass is 16.5. The largest absolute Gasteiger partial charge is 0.482 e. The lowest BCUT2D eigenvalue weighted by molar-refractivity contribution is -0.140. The summed E-state index contributed by atoms with van der Waals surface area (Å²) in [4.78, 5) is 34.6. The minimum Gasteiger partial charge on any atom is -0.482 e. The molecular formula is C30H24O8. The number of aliphatic carboxylic acids is 2. The van der Waals surface area contributed by atoms with E-state index < -0.39 is 31.1 Å². The molecule has 0 saturated carbocycles. The summed E-state index contributed by atoms with van der Waals surface area (Å²) in [5, 5.41) is 17.9. The van der Waals surface area contributed by atoms with Gasteiger partial charge < -0.3 is 24.4 Å². The van der Waals surface area contributed by atoms with Crippen molar-refractivity contribution in [2.75, 3.05) is 13.2 Å². The fourth-order valence-corrected chi connectivity index (χ4v) is 3.71. The minimum atomic E-state index is -1.15. The van der Waals surface area contributed by atoms with Crippen LogP contribution >= 0.6 is 0 Å². The Bertz CT molecular complexity index is 1410. The highest BCUT2D eigenvalue weighted by molar-refractivity contribution is 5.91. The number of ether oxygens (including phenoxy) is 3. The third-order valence-corrected chi connectivity index (χ3v) is 5.44. The van der Waals surface area contributed by atoms with Gasteiger partial charge in [-0.2, -0.15) is 0 Å². The molecule has 0 aliphatic heterocycles. The van der Waals surface area contributed by atoms with Crippen molar-refractivity contribution in [1.29, 1.82) is 0 Å². The standard InChI is InChI=1S/C30H24O8/c31-28(32)18-36-26-14-25(15-27(16-26)37-19-29(33)34)23-10-4-8-21(12-23)22-9-5-11-24(13-22)30(35)38-17-20-6-2-1-3-7-20/h1-16H,17-19H2,(H,31,32)(H,33,34). The summed E-state index contributed by atoms with van der Waals surface area (Å²) in [6.45, 7) is -0.948. The zero-order valence-corrected chi connectivity index (χ0v) is 20.2. The molecule has 38 heavy (non-hydrogen) atoms. The second kappa shape index (κ2) is 12.2. The highest BCUT2D eigenvalue weighted by Crippen LogP contribution is 2.32. The van der Waals surface area contributed by atoms with Crippen LogP contribution in [0, 0.1) is 0 Å². The monoisotopic (exact) mass is 512 g/mol. The van der Waals surface area contributed by atoms with Gasteiger partial charge in [-0.15, -0.1) is 0 Å². The number of carbonyl (C=O) groups is 3. The Morgan fingerprint density at radius 3 is 1.74 bits per heavy atom. The molecule has 0 heterocycles. The molecular weight excluding hydrogens is 488 g/mol. The van der Waals surface area contributed by atoms with Crippen LogP contribution in [0.2, 0.25) is 0 Å². The summed E-state index contributed by atoms with van der Waals surface area (Å²) in [6, 6.07) is 28.7. The molecule has 4 aromatic carbocycles. The smallest absolute Gasteiger partial charge is 0.341 e. The van der Waals surface area contributed by atoms with Crippen LogP contribution in [0.5, 0.6) is 11.5 Å². The number of carbonyl (C=O) groups excluding carboxylic acids is 1. The Labute approximate surface area is 218 Å². The normalized spacial score (nSPS) is 10.4. The lowest BCUT2D eigenvalue weighted by Gasteiger charge is -2.12. The number of hydrogen-bond acceptors (Lipinski definition) is 6. The quantitative estimate of drug-likeness (QED) is 0.260. The third kappa shape index (κ3) is 7.20. The van der Waals surface area contributed by atoms with Gasteiger partial charge in [0, 0.05) is 6.07 Å². The molecule has 0 saturated heterocycles. The number of carboxylic acid groups (broad SMARTS) is 2. The van der Waals surface area contributed by atoms with Gasteiger partial charge in [0.05, 0.1) is 5.56 Å². The predicted octanol–water partition coefficient (Wildman–Crippen LogP) is 5.30. The van der Waals surface area contributed by atoms with Gasteiger partial charge in [-0.1, -0.05) is 60.7 Å².